The molecule has 0 aliphatic carbocycles. The van der Waals surface area contributed by atoms with Crippen molar-refractivity contribution in [1.29, 1.82) is 0 Å². The molecule has 112 valence electrons. The molecule has 2 aromatic carbocycles. The minimum atomic E-state index is -0.333. The van der Waals surface area contributed by atoms with E-state index < -0.39 is 0 Å². The lowest BCUT2D eigenvalue weighted by molar-refractivity contribution is 0.270. The average molecular weight is 420 g/mol. The van der Waals surface area contributed by atoms with Gasteiger partial charge >= 0.3 is 0 Å². The van der Waals surface area contributed by atoms with E-state index in [2.05, 4.69) is 31.9 Å². The highest BCUT2D eigenvalue weighted by atomic mass is 79.9. The van der Waals surface area contributed by atoms with Gasteiger partial charge in [-0.1, -0.05) is 15.9 Å². The molecule has 2 aromatic rings. The van der Waals surface area contributed by atoms with Crippen molar-refractivity contribution in [3.8, 4) is 11.5 Å². The van der Waals surface area contributed by atoms with E-state index >= 15 is 0 Å². The molecule has 0 aliphatic rings. The van der Waals surface area contributed by atoms with E-state index in [1.807, 2.05) is 0 Å². The van der Waals surface area contributed by atoms with Gasteiger partial charge in [-0.3, -0.25) is 0 Å². The second-order valence-corrected chi connectivity index (χ2v) is 6.06. The summed E-state index contributed by atoms with van der Waals surface area (Å²) in [6, 6.07) is 8.08. The van der Waals surface area contributed by atoms with Crippen LogP contribution in [0.1, 0.15) is 11.1 Å². The van der Waals surface area contributed by atoms with E-state index in [-0.39, 0.29) is 19.0 Å². The molecular formula is C15H13Br2FO3. The zero-order chi connectivity index (χ0) is 15.4. The Bertz CT molecular complexity index is 647. The fraction of sp³-hybridized carbons (Fsp3) is 0.200. The minimum absolute atomic E-state index is 0.0682. The Morgan fingerprint density at radius 3 is 2.62 bits per heavy atom. The molecule has 0 atom stereocenters. The first kappa shape index (κ1) is 16.3. The van der Waals surface area contributed by atoms with Crippen molar-refractivity contribution in [3.05, 3.63) is 56.2 Å². The fourth-order valence-electron chi connectivity index (χ4n) is 1.81. The van der Waals surface area contributed by atoms with Crippen LogP contribution >= 0.6 is 31.9 Å². The number of hydrogen-bond acceptors (Lipinski definition) is 3. The first-order valence-corrected chi connectivity index (χ1v) is 7.67. The van der Waals surface area contributed by atoms with Gasteiger partial charge in [0, 0.05) is 10.0 Å². The molecule has 0 saturated carbocycles. The maximum absolute atomic E-state index is 13.7. The number of halogens is 3. The molecule has 0 spiro atoms. The number of rotatable bonds is 5. The highest BCUT2D eigenvalue weighted by molar-refractivity contribution is 9.10. The van der Waals surface area contributed by atoms with Gasteiger partial charge in [-0.2, -0.15) is 0 Å². The maximum Gasteiger partial charge on any atom is 0.175 e. The van der Waals surface area contributed by atoms with E-state index in [0.717, 1.165) is 4.47 Å². The Hall–Kier alpha value is -1.11. The van der Waals surface area contributed by atoms with Crippen LogP contribution in [-0.2, 0) is 13.2 Å². The van der Waals surface area contributed by atoms with Crippen LogP contribution in [0.3, 0.4) is 0 Å². The van der Waals surface area contributed by atoms with Crippen LogP contribution in [0.15, 0.2) is 39.3 Å². The third-order valence-corrected chi connectivity index (χ3v) is 3.93. The van der Waals surface area contributed by atoms with Gasteiger partial charge in [0.25, 0.3) is 0 Å². The summed E-state index contributed by atoms with van der Waals surface area (Å²) < 4.78 is 26.0. The molecule has 0 amide bonds. The summed E-state index contributed by atoms with van der Waals surface area (Å²) in [6.45, 7) is -0.0335. The first-order chi connectivity index (χ1) is 10.0. The molecule has 3 nitrogen and oxygen atoms in total. The Kier molecular flexibility index (Phi) is 5.61. The summed E-state index contributed by atoms with van der Waals surface area (Å²) in [4.78, 5) is 0. The molecule has 0 saturated heterocycles. The quantitative estimate of drug-likeness (QED) is 0.778. The number of benzene rings is 2. The molecule has 0 unspecified atom stereocenters. The highest BCUT2D eigenvalue weighted by Crippen LogP contribution is 2.37. The van der Waals surface area contributed by atoms with Crippen molar-refractivity contribution >= 4 is 31.9 Å². The van der Waals surface area contributed by atoms with Gasteiger partial charge in [0.05, 0.1) is 18.2 Å². The predicted octanol–water partition coefficient (Wildman–Crippen LogP) is 4.43. The van der Waals surface area contributed by atoms with Crippen molar-refractivity contribution in [2.24, 2.45) is 0 Å². The third-order valence-electron chi connectivity index (χ3n) is 2.85. The van der Waals surface area contributed by atoms with Gasteiger partial charge in [0.2, 0.25) is 0 Å². The Morgan fingerprint density at radius 2 is 1.95 bits per heavy atom. The Morgan fingerprint density at radius 1 is 1.19 bits per heavy atom. The summed E-state index contributed by atoms with van der Waals surface area (Å²) in [5.74, 6) is 0.609. The average Bonchev–Trinajstić information content (AvgIpc) is 2.48. The summed E-state index contributed by atoms with van der Waals surface area (Å²) in [6.07, 6.45) is 0. The molecule has 0 fully saturated rings. The van der Waals surface area contributed by atoms with Crippen LogP contribution in [0.5, 0.6) is 11.5 Å². The van der Waals surface area contributed by atoms with Gasteiger partial charge < -0.3 is 14.6 Å². The van der Waals surface area contributed by atoms with Crippen LogP contribution in [0.4, 0.5) is 4.39 Å². The zero-order valence-electron chi connectivity index (χ0n) is 11.2. The molecular weight excluding hydrogens is 407 g/mol. The molecule has 0 aromatic heterocycles. The predicted molar refractivity (Wildman–Crippen MR) is 85.0 cm³/mol. The normalized spacial score (nSPS) is 10.5. The second-order valence-electron chi connectivity index (χ2n) is 4.29. The Labute approximate surface area is 139 Å². The number of aliphatic hydroxyl groups excluding tert-OH is 1. The summed E-state index contributed by atoms with van der Waals surface area (Å²) >= 11 is 6.67. The van der Waals surface area contributed by atoms with Crippen molar-refractivity contribution in [2.45, 2.75) is 13.2 Å². The van der Waals surface area contributed by atoms with E-state index in [1.54, 1.807) is 24.3 Å². The SMILES string of the molecule is COc1cc(CO)cc(Br)c1OCc1cc(Br)ccc1F. The monoisotopic (exact) mass is 418 g/mol. The largest absolute Gasteiger partial charge is 0.493 e. The smallest absolute Gasteiger partial charge is 0.175 e. The van der Waals surface area contributed by atoms with E-state index in [0.29, 0.717) is 27.1 Å². The molecule has 6 heteroatoms. The van der Waals surface area contributed by atoms with Gasteiger partial charge in [0.15, 0.2) is 11.5 Å². The van der Waals surface area contributed by atoms with Crippen LogP contribution in [0, 0.1) is 5.82 Å². The summed E-state index contributed by atoms with van der Waals surface area (Å²) in [5, 5.41) is 9.18. The van der Waals surface area contributed by atoms with Gasteiger partial charge in [-0.15, -0.1) is 0 Å². The van der Waals surface area contributed by atoms with Crippen molar-refractivity contribution in [3.63, 3.8) is 0 Å². The number of aliphatic hydroxyl groups is 1. The summed E-state index contributed by atoms with van der Waals surface area (Å²) in [5.41, 5.74) is 1.13. The number of methoxy groups -OCH3 is 1. The standard InChI is InChI=1S/C15H13Br2FO3/c1-20-14-5-9(7-19)4-12(17)15(14)21-8-10-6-11(16)2-3-13(10)18/h2-6,19H,7-8H2,1H3. The van der Waals surface area contributed by atoms with E-state index in [1.165, 1.54) is 13.2 Å². The van der Waals surface area contributed by atoms with Crippen molar-refractivity contribution in [1.82, 2.24) is 0 Å². The maximum atomic E-state index is 13.7. The molecule has 0 heterocycles. The van der Waals surface area contributed by atoms with Crippen LogP contribution < -0.4 is 9.47 Å². The number of ether oxygens (including phenoxy) is 2. The van der Waals surface area contributed by atoms with Crippen molar-refractivity contribution in [2.75, 3.05) is 7.11 Å². The molecule has 0 radical (unpaired) electrons. The second kappa shape index (κ2) is 7.24. The minimum Gasteiger partial charge on any atom is -0.493 e. The van der Waals surface area contributed by atoms with Crippen LogP contribution in [-0.4, -0.2) is 12.2 Å². The van der Waals surface area contributed by atoms with Gasteiger partial charge in [-0.05, 0) is 51.8 Å². The number of hydrogen-bond donors (Lipinski definition) is 1. The molecule has 0 aliphatic heterocycles. The molecule has 21 heavy (non-hydrogen) atoms. The van der Waals surface area contributed by atoms with Crippen molar-refractivity contribution < 1.29 is 19.0 Å². The lowest BCUT2D eigenvalue weighted by Gasteiger charge is -2.14. The fourth-order valence-corrected chi connectivity index (χ4v) is 2.82. The molecule has 1 N–H and O–H groups in total. The van der Waals surface area contributed by atoms with E-state index in [9.17, 15) is 9.50 Å². The summed E-state index contributed by atoms with van der Waals surface area (Å²) in [7, 11) is 1.51. The molecule has 2 rings (SSSR count). The zero-order valence-corrected chi connectivity index (χ0v) is 14.4. The Balaban J connectivity index is 2.25. The lowest BCUT2D eigenvalue weighted by atomic mass is 10.2. The van der Waals surface area contributed by atoms with Crippen LogP contribution in [0.2, 0.25) is 0 Å². The third kappa shape index (κ3) is 3.96. The van der Waals surface area contributed by atoms with E-state index in [4.69, 9.17) is 9.47 Å². The van der Waals surface area contributed by atoms with Crippen LogP contribution in [0.25, 0.3) is 0 Å². The van der Waals surface area contributed by atoms with Gasteiger partial charge in [0.1, 0.15) is 12.4 Å². The highest BCUT2D eigenvalue weighted by Gasteiger charge is 2.13. The first-order valence-electron chi connectivity index (χ1n) is 6.09. The lowest BCUT2D eigenvalue weighted by Crippen LogP contribution is -2.01. The molecule has 0 bridgehead atoms. The topological polar surface area (TPSA) is 38.7 Å². The van der Waals surface area contributed by atoms with Gasteiger partial charge in [-0.25, -0.2) is 4.39 Å².